The Morgan fingerprint density at radius 2 is 1.54 bits per heavy atom. The molecule has 0 nitrogen and oxygen atoms in total. The van der Waals surface area contributed by atoms with Crippen molar-refractivity contribution in [1.29, 1.82) is 0 Å². The third-order valence-electron chi connectivity index (χ3n) is 4.76. The van der Waals surface area contributed by atoms with E-state index in [-0.39, 0.29) is 24.8 Å². The second-order valence-corrected chi connectivity index (χ2v) is 17.0. The number of hydrogen-bond donors (Lipinski definition) is 0. The molecule has 1 unspecified atom stereocenters. The van der Waals surface area contributed by atoms with Crippen LogP contribution in [0.25, 0.3) is 21.5 Å². The van der Waals surface area contributed by atoms with Gasteiger partial charge in [-0.05, 0) is 5.92 Å². The van der Waals surface area contributed by atoms with Crippen molar-refractivity contribution in [3.8, 4) is 0 Å². The van der Waals surface area contributed by atoms with Gasteiger partial charge in [-0.25, -0.2) is 0 Å². The molecule has 0 saturated heterocycles. The molecule has 0 N–H and O–H groups in total. The smallest absolute Gasteiger partial charge is 0.0771 e. The quantitative estimate of drug-likeness (QED) is 0.307. The van der Waals surface area contributed by atoms with Crippen LogP contribution in [0.3, 0.4) is 0 Å². The first-order valence-corrected chi connectivity index (χ1v) is 14.6. The molecule has 0 bridgehead atoms. The molecule has 1 atom stereocenters. The standard InChI is InChI=1S/C21H21Si.C3H6.2ClH.Hf/c1-22(2,3)17-12-11-16(13-17)19-9-6-10-20-18-8-5-4-7-15(18)14-21(19)20;1-3-2;;;/h4-14,16H,1-3H3;1-2H3;2*1H;/q-1;;;;+2/p-2. The second kappa shape index (κ2) is 10.4. The van der Waals surface area contributed by atoms with Gasteiger partial charge in [-0.15, -0.1) is 33.7 Å². The Hall–Kier alpha value is -0.673. The Labute approximate surface area is 197 Å². The molecule has 4 heteroatoms. The predicted molar refractivity (Wildman–Crippen MR) is 117 cm³/mol. The number of rotatable bonds is 2. The number of allylic oxidation sites excluding steroid dienone is 4. The van der Waals surface area contributed by atoms with Crippen molar-refractivity contribution in [2.24, 2.45) is 0 Å². The van der Waals surface area contributed by atoms with Gasteiger partial charge in [-0.2, -0.15) is 0 Å². The van der Waals surface area contributed by atoms with Crippen LogP contribution in [0.1, 0.15) is 25.3 Å². The van der Waals surface area contributed by atoms with Crippen LogP contribution in [0.2, 0.25) is 19.6 Å². The maximum absolute atomic E-state index is 2.48. The van der Waals surface area contributed by atoms with Crippen LogP contribution < -0.4 is 24.8 Å². The van der Waals surface area contributed by atoms with E-state index in [2.05, 4.69) is 100 Å². The van der Waals surface area contributed by atoms with E-state index >= 15 is 0 Å². The van der Waals surface area contributed by atoms with E-state index in [0.717, 1.165) is 0 Å². The Morgan fingerprint density at radius 3 is 2.14 bits per heavy atom. The zero-order valence-corrected chi connectivity index (χ0v) is 23.3. The average molecular weight is 593 g/mol. The first kappa shape index (κ1) is 25.4. The van der Waals surface area contributed by atoms with E-state index in [4.69, 9.17) is 0 Å². The summed E-state index contributed by atoms with van der Waals surface area (Å²) in [6.07, 6.45) is 7.22. The summed E-state index contributed by atoms with van der Waals surface area (Å²) in [7, 11) is -1.22. The van der Waals surface area contributed by atoms with Crippen molar-refractivity contribution in [2.75, 3.05) is 0 Å². The molecule has 0 radical (unpaired) electrons. The van der Waals surface area contributed by atoms with Gasteiger partial charge < -0.3 is 24.8 Å². The SMILES string of the molecule is C[C](C)=[Hf+2].C[Si](C)(C)C1=CC(c2cccc3c2[cH-]c2ccccc23)C=C1.[Cl-].[Cl-]. The largest absolute Gasteiger partial charge is 1.00 e. The third-order valence-corrected chi connectivity index (χ3v) is 6.82. The summed E-state index contributed by atoms with van der Waals surface area (Å²) >= 11 is 1.27. The third kappa shape index (κ3) is 5.69. The molecule has 0 aromatic heterocycles. The van der Waals surface area contributed by atoms with Gasteiger partial charge in [0.1, 0.15) is 0 Å². The molecule has 3 aromatic carbocycles. The van der Waals surface area contributed by atoms with Gasteiger partial charge in [0.2, 0.25) is 0 Å². The summed E-state index contributed by atoms with van der Waals surface area (Å²) in [4.78, 5) is 0. The number of benzene rings is 2. The zero-order chi connectivity index (χ0) is 18.9. The van der Waals surface area contributed by atoms with Gasteiger partial charge >= 0.3 is 41.0 Å². The van der Waals surface area contributed by atoms with Gasteiger partial charge in [0.05, 0.1) is 8.07 Å². The number of fused-ring (bicyclic) bond motifs is 3. The van der Waals surface area contributed by atoms with E-state index in [9.17, 15) is 0 Å². The first-order valence-electron chi connectivity index (χ1n) is 9.26. The topological polar surface area (TPSA) is 0 Å². The molecule has 28 heavy (non-hydrogen) atoms. The van der Waals surface area contributed by atoms with Crippen molar-refractivity contribution in [3.05, 3.63) is 77.5 Å². The molecule has 4 rings (SSSR count). The van der Waals surface area contributed by atoms with Crippen LogP contribution in [0, 0.1) is 0 Å². The average Bonchev–Trinajstić information content (AvgIpc) is 3.18. The summed E-state index contributed by atoms with van der Waals surface area (Å²) in [5.74, 6) is 0.433. The second-order valence-electron chi connectivity index (χ2n) is 8.30. The van der Waals surface area contributed by atoms with Crippen LogP contribution in [-0.2, 0) is 23.9 Å². The zero-order valence-electron chi connectivity index (χ0n) is 17.2. The molecule has 1 aliphatic rings. The fourth-order valence-corrected chi connectivity index (χ4v) is 4.77. The minimum Gasteiger partial charge on any atom is -1.00 e. The van der Waals surface area contributed by atoms with E-state index in [0.29, 0.717) is 5.92 Å². The Bertz CT molecular complexity index is 1020. The van der Waals surface area contributed by atoms with Crippen LogP contribution in [0.4, 0.5) is 0 Å². The fraction of sp³-hybridized carbons (Fsp3) is 0.250. The Kier molecular flexibility index (Phi) is 9.41. The van der Waals surface area contributed by atoms with Crippen LogP contribution in [0.15, 0.2) is 72.0 Å². The fourth-order valence-electron chi connectivity index (χ4n) is 3.50. The van der Waals surface area contributed by atoms with Gasteiger partial charge in [0, 0.05) is 0 Å². The summed E-state index contributed by atoms with van der Waals surface area (Å²) < 4.78 is 1.56. The molecule has 146 valence electrons. The van der Waals surface area contributed by atoms with Crippen molar-refractivity contribution in [2.45, 2.75) is 39.4 Å². The number of hydrogen-bond acceptors (Lipinski definition) is 0. The first-order chi connectivity index (χ1) is 12.3. The molecular formula is C24H27Cl2HfSi-. The van der Waals surface area contributed by atoms with E-state index < -0.39 is 8.07 Å². The predicted octanol–water partition coefficient (Wildman–Crippen LogP) is 0.923. The van der Waals surface area contributed by atoms with Crippen LogP contribution in [0.5, 0.6) is 0 Å². The van der Waals surface area contributed by atoms with Crippen LogP contribution in [-0.4, -0.2) is 11.3 Å². The molecule has 0 spiro atoms. The minimum atomic E-state index is -1.22. The molecule has 0 heterocycles. The summed E-state index contributed by atoms with van der Waals surface area (Å²) in [6.45, 7) is 11.5. The maximum Gasteiger partial charge on any atom is 0.0771 e. The van der Waals surface area contributed by atoms with E-state index in [1.165, 1.54) is 51.0 Å². The van der Waals surface area contributed by atoms with E-state index in [1.807, 2.05) is 0 Å². The van der Waals surface area contributed by atoms with Crippen LogP contribution >= 0.6 is 0 Å². The van der Waals surface area contributed by atoms with Gasteiger partial charge in [0.25, 0.3) is 0 Å². The molecule has 0 amide bonds. The minimum absolute atomic E-state index is 0. The number of halogens is 2. The molecule has 0 aliphatic heterocycles. The Balaban J connectivity index is 0.000000601. The monoisotopic (exact) mass is 593 g/mol. The summed E-state index contributed by atoms with van der Waals surface area (Å²) in [5, 5.41) is 7.09. The summed E-state index contributed by atoms with van der Waals surface area (Å²) in [6, 6.07) is 17.8. The molecular weight excluding hydrogens is 566 g/mol. The summed E-state index contributed by atoms with van der Waals surface area (Å²) in [5.41, 5.74) is 1.44. The molecule has 1 aliphatic carbocycles. The van der Waals surface area contributed by atoms with Gasteiger partial charge in [-0.3, -0.25) is 0 Å². The molecule has 0 saturated carbocycles. The van der Waals surface area contributed by atoms with Gasteiger partial charge in [-0.1, -0.05) is 85.0 Å². The van der Waals surface area contributed by atoms with Gasteiger partial charge in [0.15, 0.2) is 0 Å². The van der Waals surface area contributed by atoms with Crippen molar-refractivity contribution in [1.82, 2.24) is 0 Å². The van der Waals surface area contributed by atoms with E-state index in [1.54, 1.807) is 8.45 Å². The maximum atomic E-state index is 2.48. The molecule has 3 aromatic rings. The van der Waals surface area contributed by atoms with Crippen molar-refractivity contribution >= 4 is 32.9 Å². The molecule has 0 fully saturated rings. The normalized spacial score (nSPS) is 15.4. The van der Waals surface area contributed by atoms with Crippen molar-refractivity contribution in [3.63, 3.8) is 0 Å². The Morgan fingerprint density at radius 1 is 0.929 bits per heavy atom. The van der Waals surface area contributed by atoms with Crippen molar-refractivity contribution < 1.29 is 48.7 Å².